The van der Waals surface area contributed by atoms with Crippen molar-refractivity contribution in [2.75, 3.05) is 7.11 Å². The monoisotopic (exact) mass is 244 g/mol. The molecule has 0 bridgehead atoms. The van der Waals surface area contributed by atoms with E-state index in [-0.39, 0.29) is 6.04 Å². The van der Waals surface area contributed by atoms with E-state index >= 15 is 0 Å². The standard InChI is InChI=1S/C15H20N2O/c1-10-7-11(2)13(12(8-10)18-3)14(17)15(9-16)5-4-6-15/h7-8,14H,4-6,17H2,1-3H3. The summed E-state index contributed by atoms with van der Waals surface area (Å²) < 4.78 is 5.45. The van der Waals surface area contributed by atoms with Crippen molar-refractivity contribution < 1.29 is 4.74 Å². The molecule has 1 saturated carbocycles. The summed E-state index contributed by atoms with van der Waals surface area (Å²) in [6.45, 7) is 4.07. The zero-order valence-electron chi connectivity index (χ0n) is 11.3. The van der Waals surface area contributed by atoms with Gasteiger partial charge >= 0.3 is 0 Å². The molecule has 0 aromatic heterocycles. The Morgan fingerprint density at radius 1 is 1.39 bits per heavy atom. The second kappa shape index (κ2) is 4.62. The van der Waals surface area contributed by atoms with Crippen LogP contribution < -0.4 is 10.5 Å². The predicted molar refractivity (Wildman–Crippen MR) is 71.3 cm³/mol. The van der Waals surface area contributed by atoms with Crippen LogP contribution in [0.1, 0.15) is 42.0 Å². The van der Waals surface area contributed by atoms with E-state index < -0.39 is 5.41 Å². The van der Waals surface area contributed by atoms with Crippen molar-refractivity contribution in [1.29, 1.82) is 5.26 Å². The van der Waals surface area contributed by atoms with Crippen LogP contribution in [0.5, 0.6) is 5.75 Å². The Morgan fingerprint density at radius 2 is 2.06 bits per heavy atom. The number of aryl methyl sites for hydroxylation is 2. The minimum absolute atomic E-state index is 0.258. The van der Waals surface area contributed by atoms with Crippen LogP contribution in [0.3, 0.4) is 0 Å². The number of hydrogen-bond acceptors (Lipinski definition) is 3. The molecule has 96 valence electrons. The third-order valence-corrected chi connectivity index (χ3v) is 4.09. The van der Waals surface area contributed by atoms with Crippen LogP contribution in [0.4, 0.5) is 0 Å². The molecule has 0 amide bonds. The Bertz CT molecular complexity index is 498. The van der Waals surface area contributed by atoms with Crippen LogP contribution in [0.15, 0.2) is 12.1 Å². The molecular formula is C15H20N2O. The van der Waals surface area contributed by atoms with Crippen molar-refractivity contribution >= 4 is 0 Å². The average Bonchev–Trinajstić information content (AvgIpc) is 2.26. The van der Waals surface area contributed by atoms with Gasteiger partial charge in [-0.15, -0.1) is 0 Å². The number of rotatable bonds is 3. The van der Waals surface area contributed by atoms with Gasteiger partial charge in [-0.2, -0.15) is 5.26 Å². The number of nitrogens with zero attached hydrogens (tertiary/aromatic N) is 1. The first-order valence-corrected chi connectivity index (χ1v) is 6.36. The molecule has 0 spiro atoms. The Morgan fingerprint density at radius 3 is 2.50 bits per heavy atom. The van der Waals surface area contributed by atoms with E-state index in [9.17, 15) is 5.26 Å². The van der Waals surface area contributed by atoms with Gasteiger partial charge in [0.1, 0.15) is 5.75 Å². The maximum atomic E-state index is 9.41. The summed E-state index contributed by atoms with van der Waals surface area (Å²) in [5, 5.41) is 9.41. The molecule has 0 heterocycles. The van der Waals surface area contributed by atoms with Gasteiger partial charge in [0.15, 0.2) is 0 Å². The number of ether oxygens (including phenoxy) is 1. The number of nitrogens with two attached hydrogens (primary N) is 1. The van der Waals surface area contributed by atoms with Crippen molar-refractivity contribution in [3.8, 4) is 11.8 Å². The zero-order chi connectivity index (χ0) is 13.3. The second-order valence-electron chi connectivity index (χ2n) is 5.30. The Labute approximate surface area is 109 Å². The Kier molecular flexibility index (Phi) is 3.32. The fourth-order valence-electron chi connectivity index (χ4n) is 2.83. The molecule has 3 heteroatoms. The van der Waals surface area contributed by atoms with Crippen LogP contribution in [0, 0.1) is 30.6 Å². The lowest BCUT2D eigenvalue weighted by molar-refractivity contribution is 0.166. The summed E-state index contributed by atoms with van der Waals surface area (Å²) in [5.41, 5.74) is 9.23. The summed E-state index contributed by atoms with van der Waals surface area (Å²) >= 11 is 0. The average molecular weight is 244 g/mol. The molecule has 1 aromatic carbocycles. The first-order chi connectivity index (χ1) is 8.54. The van der Waals surface area contributed by atoms with Crippen LogP contribution in [-0.2, 0) is 0 Å². The molecule has 3 nitrogen and oxygen atoms in total. The van der Waals surface area contributed by atoms with Gasteiger partial charge in [0, 0.05) is 5.56 Å². The van der Waals surface area contributed by atoms with Gasteiger partial charge in [-0.1, -0.05) is 12.5 Å². The molecule has 1 aliphatic carbocycles. The van der Waals surface area contributed by atoms with Crippen molar-refractivity contribution in [3.05, 3.63) is 28.8 Å². The number of nitriles is 1. The minimum atomic E-state index is -0.396. The van der Waals surface area contributed by atoms with Gasteiger partial charge in [0.2, 0.25) is 0 Å². The molecule has 1 atom stereocenters. The maximum Gasteiger partial charge on any atom is 0.124 e. The topological polar surface area (TPSA) is 59.0 Å². The Hall–Kier alpha value is -1.53. The van der Waals surface area contributed by atoms with E-state index in [1.165, 1.54) is 0 Å². The fourth-order valence-corrected chi connectivity index (χ4v) is 2.83. The smallest absolute Gasteiger partial charge is 0.124 e. The first-order valence-electron chi connectivity index (χ1n) is 6.36. The van der Waals surface area contributed by atoms with Crippen molar-refractivity contribution in [2.45, 2.75) is 39.2 Å². The molecule has 0 radical (unpaired) electrons. The third-order valence-electron chi connectivity index (χ3n) is 4.09. The minimum Gasteiger partial charge on any atom is -0.496 e. The van der Waals surface area contributed by atoms with Crippen LogP contribution in [-0.4, -0.2) is 7.11 Å². The number of methoxy groups -OCH3 is 1. The maximum absolute atomic E-state index is 9.41. The largest absolute Gasteiger partial charge is 0.496 e. The second-order valence-corrected chi connectivity index (χ2v) is 5.30. The zero-order valence-corrected chi connectivity index (χ0v) is 11.3. The molecule has 2 rings (SSSR count). The summed E-state index contributed by atoms with van der Waals surface area (Å²) in [6, 6.07) is 6.26. The molecule has 0 aliphatic heterocycles. The summed E-state index contributed by atoms with van der Waals surface area (Å²) in [4.78, 5) is 0. The molecule has 1 aromatic rings. The lowest BCUT2D eigenvalue weighted by Crippen LogP contribution is -2.39. The predicted octanol–water partition coefficient (Wildman–Crippen LogP) is 3.01. The van der Waals surface area contributed by atoms with E-state index in [1.807, 2.05) is 19.9 Å². The lowest BCUT2D eigenvalue weighted by atomic mass is 9.63. The fraction of sp³-hybridized carbons (Fsp3) is 0.533. The van der Waals surface area contributed by atoms with Gasteiger partial charge in [-0.05, 0) is 43.9 Å². The van der Waals surface area contributed by atoms with E-state index in [1.54, 1.807) is 7.11 Å². The summed E-state index contributed by atoms with van der Waals surface area (Å²) in [5.74, 6) is 0.807. The third kappa shape index (κ3) is 1.87. The van der Waals surface area contributed by atoms with Crippen LogP contribution >= 0.6 is 0 Å². The highest BCUT2D eigenvalue weighted by molar-refractivity contribution is 5.46. The molecule has 0 saturated heterocycles. The highest BCUT2D eigenvalue weighted by Crippen LogP contribution is 2.50. The van der Waals surface area contributed by atoms with E-state index in [0.717, 1.165) is 41.7 Å². The molecule has 2 N–H and O–H groups in total. The highest BCUT2D eigenvalue weighted by atomic mass is 16.5. The molecule has 1 aliphatic rings. The molecule has 1 unspecified atom stereocenters. The first kappa shape index (κ1) is 12.9. The van der Waals surface area contributed by atoms with Gasteiger partial charge in [-0.25, -0.2) is 0 Å². The van der Waals surface area contributed by atoms with E-state index in [0.29, 0.717) is 0 Å². The van der Waals surface area contributed by atoms with Gasteiger partial charge in [0.05, 0.1) is 24.6 Å². The molecular weight excluding hydrogens is 224 g/mol. The van der Waals surface area contributed by atoms with Crippen molar-refractivity contribution in [2.24, 2.45) is 11.1 Å². The molecule has 18 heavy (non-hydrogen) atoms. The quantitative estimate of drug-likeness (QED) is 0.889. The Balaban J connectivity index is 2.48. The summed E-state index contributed by atoms with van der Waals surface area (Å²) in [6.07, 6.45) is 2.87. The normalized spacial score (nSPS) is 18.6. The molecule has 1 fully saturated rings. The van der Waals surface area contributed by atoms with Crippen molar-refractivity contribution in [1.82, 2.24) is 0 Å². The van der Waals surface area contributed by atoms with Crippen LogP contribution in [0.2, 0.25) is 0 Å². The number of hydrogen-bond donors (Lipinski definition) is 1. The highest BCUT2D eigenvalue weighted by Gasteiger charge is 2.44. The van der Waals surface area contributed by atoms with Gasteiger partial charge in [-0.3, -0.25) is 0 Å². The van der Waals surface area contributed by atoms with Gasteiger partial charge < -0.3 is 10.5 Å². The van der Waals surface area contributed by atoms with Crippen molar-refractivity contribution in [3.63, 3.8) is 0 Å². The lowest BCUT2D eigenvalue weighted by Gasteiger charge is -2.41. The van der Waals surface area contributed by atoms with Gasteiger partial charge in [0.25, 0.3) is 0 Å². The summed E-state index contributed by atoms with van der Waals surface area (Å²) in [7, 11) is 1.66. The van der Waals surface area contributed by atoms with E-state index in [4.69, 9.17) is 10.5 Å². The van der Waals surface area contributed by atoms with Crippen LogP contribution in [0.25, 0.3) is 0 Å². The SMILES string of the molecule is COc1cc(C)cc(C)c1C(N)C1(C#N)CCC1. The number of benzene rings is 1. The van der Waals surface area contributed by atoms with E-state index in [2.05, 4.69) is 12.1 Å².